The summed E-state index contributed by atoms with van der Waals surface area (Å²) in [5.41, 5.74) is 6.12. The average Bonchev–Trinajstić information content (AvgIpc) is 2.45. The largest absolute Gasteiger partial charge is 0.381 e. The SMILES string of the molecule is CN(CC12CC3CC(CC(C3)C1)C2)C(=O)C1(N)CCOCC1.Cl. The average molecular weight is 343 g/mol. The first-order chi connectivity index (χ1) is 10.5. The van der Waals surface area contributed by atoms with Gasteiger partial charge in [-0.15, -0.1) is 12.4 Å². The lowest BCUT2D eigenvalue weighted by molar-refractivity contribution is -0.144. The molecule has 4 aliphatic carbocycles. The predicted octanol–water partition coefficient (Wildman–Crippen LogP) is 2.59. The summed E-state index contributed by atoms with van der Waals surface area (Å²) in [7, 11) is 1.98. The summed E-state index contributed by atoms with van der Waals surface area (Å²) in [5.74, 6) is 2.95. The van der Waals surface area contributed by atoms with E-state index >= 15 is 0 Å². The van der Waals surface area contributed by atoms with Crippen LogP contribution in [0.25, 0.3) is 0 Å². The number of carbonyl (C=O) groups is 1. The molecule has 4 nitrogen and oxygen atoms in total. The van der Waals surface area contributed by atoms with Crippen molar-refractivity contribution in [3.63, 3.8) is 0 Å². The molecule has 1 heterocycles. The zero-order chi connectivity index (χ0) is 15.4. The zero-order valence-corrected chi connectivity index (χ0v) is 15.1. The number of nitrogens with zero attached hydrogens (tertiary/aromatic N) is 1. The van der Waals surface area contributed by atoms with E-state index in [0.29, 0.717) is 31.5 Å². The Balaban J connectivity index is 0.00000156. The molecule has 1 saturated heterocycles. The molecule has 132 valence electrons. The molecule has 2 N–H and O–H groups in total. The van der Waals surface area contributed by atoms with Crippen LogP contribution in [0.15, 0.2) is 0 Å². The third kappa shape index (κ3) is 3.14. The van der Waals surface area contributed by atoms with E-state index in [1.54, 1.807) is 0 Å². The fourth-order valence-electron chi connectivity index (χ4n) is 6.39. The smallest absolute Gasteiger partial charge is 0.242 e. The Hall–Kier alpha value is -0.320. The minimum absolute atomic E-state index is 0. The number of amides is 1. The zero-order valence-electron chi connectivity index (χ0n) is 14.3. The van der Waals surface area contributed by atoms with Crippen molar-refractivity contribution in [3.05, 3.63) is 0 Å². The van der Waals surface area contributed by atoms with E-state index in [1.807, 2.05) is 11.9 Å². The number of likely N-dealkylation sites (N-methyl/N-ethyl adjacent to an activating group) is 1. The molecule has 0 atom stereocenters. The highest BCUT2D eigenvalue weighted by Crippen LogP contribution is 2.60. The first-order valence-electron chi connectivity index (χ1n) is 9.10. The third-order valence-electron chi connectivity index (χ3n) is 6.90. The van der Waals surface area contributed by atoms with Crippen molar-refractivity contribution in [3.8, 4) is 0 Å². The second-order valence-electron chi connectivity index (χ2n) is 8.85. The summed E-state index contributed by atoms with van der Waals surface area (Å²) in [4.78, 5) is 14.9. The highest BCUT2D eigenvalue weighted by Gasteiger charge is 2.52. The monoisotopic (exact) mass is 342 g/mol. The molecule has 0 aromatic carbocycles. The third-order valence-corrected chi connectivity index (χ3v) is 6.90. The van der Waals surface area contributed by atoms with E-state index in [2.05, 4.69) is 0 Å². The fraction of sp³-hybridized carbons (Fsp3) is 0.944. The van der Waals surface area contributed by atoms with Crippen molar-refractivity contribution in [2.24, 2.45) is 28.9 Å². The molecule has 23 heavy (non-hydrogen) atoms. The summed E-state index contributed by atoms with van der Waals surface area (Å²) in [6, 6.07) is 0. The Morgan fingerprint density at radius 1 is 1.09 bits per heavy atom. The lowest BCUT2D eigenvalue weighted by Crippen LogP contribution is -2.59. The normalized spacial score (nSPS) is 40.5. The molecule has 0 aromatic heterocycles. The first kappa shape index (κ1) is 17.5. The van der Waals surface area contributed by atoms with E-state index in [4.69, 9.17) is 10.5 Å². The van der Waals surface area contributed by atoms with Crippen molar-refractivity contribution in [1.29, 1.82) is 0 Å². The lowest BCUT2D eigenvalue weighted by atomic mass is 9.49. The van der Waals surface area contributed by atoms with E-state index in [1.165, 1.54) is 38.5 Å². The van der Waals surface area contributed by atoms with E-state index in [0.717, 1.165) is 24.3 Å². The van der Waals surface area contributed by atoms with Gasteiger partial charge in [-0.05, 0) is 74.5 Å². The van der Waals surface area contributed by atoms with Gasteiger partial charge >= 0.3 is 0 Å². The number of hydrogen-bond donors (Lipinski definition) is 1. The molecule has 0 spiro atoms. The Morgan fingerprint density at radius 2 is 1.57 bits per heavy atom. The molecule has 5 fully saturated rings. The van der Waals surface area contributed by atoms with Crippen molar-refractivity contribution >= 4 is 18.3 Å². The molecular formula is C18H31ClN2O2. The number of ether oxygens (including phenoxy) is 1. The van der Waals surface area contributed by atoms with Gasteiger partial charge in [-0.25, -0.2) is 0 Å². The van der Waals surface area contributed by atoms with Crippen LogP contribution >= 0.6 is 12.4 Å². The minimum atomic E-state index is -0.685. The van der Waals surface area contributed by atoms with Gasteiger partial charge in [-0.3, -0.25) is 4.79 Å². The maximum absolute atomic E-state index is 12.9. The van der Waals surface area contributed by atoms with E-state index in [9.17, 15) is 4.79 Å². The van der Waals surface area contributed by atoms with E-state index in [-0.39, 0.29) is 18.3 Å². The second-order valence-corrected chi connectivity index (χ2v) is 8.85. The quantitative estimate of drug-likeness (QED) is 0.857. The van der Waals surface area contributed by atoms with Gasteiger partial charge in [-0.2, -0.15) is 0 Å². The summed E-state index contributed by atoms with van der Waals surface area (Å²) in [6.07, 6.45) is 9.72. The first-order valence-corrected chi connectivity index (χ1v) is 9.10. The lowest BCUT2D eigenvalue weighted by Gasteiger charge is -2.58. The number of halogens is 1. The van der Waals surface area contributed by atoms with Crippen LogP contribution in [0.1, 0.15) is 51.4 Å². The standard InChI is InChI=1S/C18H30N2O2.ClH/c1-20(16(21)18(19)2-4-22-5-3-18)12-17-9-13-6-14(10-17)8-15(7-13)11-17;/h13-15H,2-12,19H2,1H3;1H. The van der Waals surface area contributed by atoms with Crippen LogP contribution in [0.3, 0.4) is 0 Å². The van der Waals surface area contributed by atoms with Crippen LogP contribution < -0.4 is 5.73 Å². The summed E-state index contributed by atoms with van der Waals surface area (Å²) >= 11 is 0. The van der Waals surface area contributed by atoms with Crippen LogP contribution in [0, 0.1) is 23.2 Å². The van der Waals surface area contributed by atoms with Gasteiger partial charge in [0.05, 0.1) is 5.54 Å². The topological polar surface area (TPSA) is 55.6 Å². The predicted molar refractivity (Wildman–Crippen MR) is 92.5 cm³/mol. The molecule has 5 aliphatic rings. The summed E-state index contributed by atoms with van der Waals surface area (Å²) in [6.45, 7) is 2.16. The van der Waals surface area contributed by atoms with Crippen molar-refractivity contribution in [2.75, 3.05) is 26.8 Å². The molecule has 0 radical (unpaired) electrons. The van der Waals surface area contributed by atoms with Crippen molar-refractivity contribution in [1.82, 2.24) is 4.90 Å². The van der Waals surface area contributed by atoms with Gasteiger partial charge in [0.25, 0.3) is 0 Å². The Kier molecular flexibility index (Phi) is 4.72. The second kappa shape index (κ2) is 6.20. The van der Waals surface area contributed by atoms with Gasteiger partial charge in [0.1, 0.15) is 0 Å². The van der Waals surface area contributed by atoms with Crippen molar-refractivity contribution < 1.29 is 9.53 Å². The molecule has 0 unspecified atom stereocenters. The summed E-state index contributed by atoms with van der Waals surface area (Å²) in [5, 5.41) is 0. The molecule has 5 rings (SSSR count). The Bertz CT molecular complexity index is 427. The van der Waals surface area contributed by atoms with Gasteiger partial charge in [0.15, 0.2) is 0 Å². The highest BCUT2D eigenvalue weighted by molar-refractivity contribution is 5.86. The molecule has 4 saturated carbocycles. The van der Waals surface area contributed by atoms with Gasteiger partial charge < -0.3 is 15.4 Å². The van der Waals surface area contributed by atoms with Gasteiger partial charge in [-0.1, -0.05) is 0 Å². The molecule has 1 amide bonds. The van der Waals surface area contributed by atoms with Crippen LogP contribution in [-0.4, -0.2) is 43.2 Å². The van der Waals surface area contributed by atoms with Crippen LogP contribution in [0.5, 0.6) is 0 Å². The highest BCUT2D eigenvalue weighted by atomic mass is 35.5. The Labute approximate surface area is 145 Å². The number of carbonyl (C=O) groups excluding carboxylic acids is 1. The van der Waals surface area contributed by atoms with E-state index < -0.39 is 5.54 Å². The molecule has 1 aliphatic heterocycles. The van der Waals surface area contributed by atoms with Gasteiger partial charge in [0.2, 0.25) is 5.91 Å². The number of hydrogen-bond acceptors (Lipinski definition) is 3. The fourth-order valence-corrected chi connectivity index (χ4v) is 6.39. The Morgan fingerprint density at radius 3 is 2.04 bits per heavy atom. The minimum Gasteiger partial charge on any atom is -0.381 e. The van der Waals surface area contributed by atoms with Gasteiger partial charge in [0, 0.05) is 26.8 Å². The molecular weight excluding hydrogens is 312 g/mol. The molecule has 0 aromatic rings. The van der Waals surface area contributed by atoms with Crippen LogP contribution in [-0.2, 0) is 9.53 Å². The molecule has 4 bridgehead atoms. The van der Waals surface area contributed by atoms with Crippen LogP contribution in [0.4, 0.5) is 0 Å². The van der Waals surface area contributed by atoms with Crippen molar-refractivity contribution in [2.45, 2.75) is 56.9 Å². The number of rotatable bonds is 3. The number of nitrogens with two attached hydrogens (primary N) is 1. The molecule has 5 heteroatoms. The van der Waals surface area contributed by atoms with Crippen LogP contribution in [0.2, 0.25) is 0 Å². The maximum Gasteiger partial charge on any atom is 0.242 e. The summed E-state index contributed by atoms with van der Waals surface area (Å²) < 4.78 is 5.38. The maximum atomic E-state index is 12.9.